The van der Waals surface area contributed by atoms with Crippen LogP contribution in [0.1, 0.15) is 24.6 Å². The lowest BCUT2D eigenvalue weighted by molar-refractivity contribution is 0.615. The Morgan fingerprint density at radius 2 is 2.27 bits per heavy atom. The van der Waals surface area contributed by atoms with Gasteiger partial charge in [0, 0.05) is 4.88 Å². The first-order chi connectivity index (χ1) is 5.27. The van der Waals surface area contributed by atoms with Gasteiger partial charge in [0.25, 0.3) is 0 Å². The van der Waals surface area contributed by atoms with Gasteiger partial charge in [-0.15, -0.1) is 11.3 Å². The second kappa shape index (κ2) is 2.38. The first-order valence-corrected chi connectivity index (χ1v) is 4.56. The summed E-state index contributed by atoms with van der Waals surface area (Å²) in [5.74, 6) is 0.614. The average molecular weight is 166 g/mol. The van der Waals surface area contributed by atoms with Gasteiger partial charge in [-0.1, -0.05) is 13.8 Å². The minimum atomic E-state index is 0.614. The molecule has 1 nitrogen and oxygen atoms in total. The molecular weight excluding hydrogens is 156 g/mol. The third kappa shape index (κ3) is 1.07. The molecule has 0 bridgehead atoms. The highest BCUT2D eigenvalue weighted by Crippen LogP contribution is 2.30. The summed E-state index contributed by atoms with van der Waals surface area (Å²) < 4.78 is 6.52. The van der Waals surface area contributed by atoms with Crippen molar-refractivity contribution < 1.29 is 4.42 Å². The van der Waals surface area contributed by atoms with Gasteiger partial charge < -0.3 is 4.42 Å². The molecule has 58 valence electrons. The number of hydrogen-bond donors (Lipinski definition) is 0. The van der Waals surface area contributed by atoms with Crippen LogP contribution in [-0.4, -0.2) is 0 Å². The lowest BCUT2D eigenvalue weighted by Crippen LogP contribution is -1.77. The topological polar surface area (TPSA) is 13.1 Å². The third-order valence-electron chi connectivity index (χ3n) is 1.73. The molecule has 0 aromatic carbocycles. The molecule has 2 rings (SSSR count). The molecule has 0 atom stereocenters. The van der Waals surface area contributed by atoms with E-state index in [2.05, 4.69) is 19.9 Å². The minimum absolute atomic E-state index is 0.614. The van der Waals surface area contributed by atoms with Crippen molar-refractivity contribution in [1.82, 2.24) is 0 Å². The summed E-state index contributed by atoms with van der Waals surface area (Å²) >= 11 is 1.82. The Hall–Kier alpha value is -0.760. The standard InChI is InChI=1S/C9H10OS/c1-6(2)9-5-7-8(11-9)3-4-10-7/h3-6H,1-2H3. The smallest absolute Gasteiger partial charge is 0.144 e. The van der Waals surface area contributed by atoms with Crippen molar-refractivity contribution in [1.29, 1.82) is 0 Å². The summed E-state index contributed by atoms with van der Waals surface area (Å²) in [5, 5.41) is 0. The molecule has 0 radical (unpaired) electrons. The van der Waals surface area contributed by atoms with E-state index in [4.69, 9.17) is 4.42 Å². The van der Waals surface area contributed by atoms with Crippen LogP contribution in [0.3, 0.4) is 0 Å². The molecule has 0 aliphatic heterocycles. The fourth-order valence-electron chi connectivity index (χ4n) is 1.07. The van der Waals surface area contributed by atoms with E-state index in [9.17, 15) is 0 Å². The molecule has 0 unspecified atom stereocenters. The van der Waals surface area contributed by atoms with E-state index in [1.54, 1.807) is 6.26 Å². The van der Waals surface area contributed by atoms with E-state index in [-0.39, 0.29) is 0 Å². The summed E-state index contributed by atoms with van der Waals surface area (Å²) in [6.45, 7) is 4.40. The van der Waals surface area contributed by atoms with Crippen LogP contribution in [0.2, 0.25) is 0 Å². The van der Waals surface area contributed by atoms with Gasteiger partial charge in [0.1, 0.15) is 5.58 Å². The normalized spacial score (nSPS) is 11.5. The molecule has 0 fully saturated rings. The van der Waals surface area contributed by atoms with E-state index >= 15 is 0 Å². The maximum atomic E-state index is 5.26. The average Bonchev–Trinajstić information content (AvgIpc) is 2.40. The molecule has 0 aliphatic rings. The highest BCUT2D eigenvalue weighted by atomic mass is 32.1. The fraction of sp³-hybridized carbons (Fsp3) is 0.333. The van der Waals surface area contributed by atoms with Crippen LogP contribution in [0.15, 0.2) is 22.8 Å². The lowest BCUT2D eigenvalue weighted by Gasteiger charge is -1.95. The second-order valence-corrected chi connectivity index (χ2v) is 4.07. The SMILES string of the molecule is CC(C)c1cc2occc2s1. The molecule has 0 aliphatic carbocycles. The van der Waals surface area contributed by atoms with Gasteiger partial charge in [0.2, 0.25) is 0 Å². The number of furan rings is 1. The van der Waals surface area contributed by atoms with E-state index in [0.29, 0.717) is 5.92 Å². The van der Waals surface area contributed by atoms with Crippen LogP contribution >= 0.6 is 11.3 Å². The fourth-order valence-corrected chi connectivity index (χ4v) is 2.06. The lowest BCUT2D eigenvalue weighted by atomic mass is 10.2. The number of thiophene rings is 1. The zero-order chi connectivity index (χ0) is 7.84. The van der Waals surface area contributed by atoms with Gasteiger partial charge in [0.05, 0.1) is 11.0 Å². The second-order valence-electron chi connectivity index (χ2n) is 2.95. The summed E-state index contributed by atoms with van der Waals surface area (Å²) in [4.78, 5) is 1.40. The number of fused-ring (bicyclic) bond motifs is 1. The largest absolute Gasteiger partial charge is 0.463 e. The van der Waals surface area contributed by atoms with Crippen molar-refractivity contribution >= 4 is 21.6 Å². The molecule has 2 aromatic heterocycles. The maximum Gasteiger partial charge on any atom is 0.144 e. The Morgan fingerprint density at radius 1 is 1.45 bits per heavy atom. The summed E-state index contributed by atoms with van der Waals surface area (Å²) in [6, 6.07) is 4.15. The molecule has 0 amide bonds. The van der Waals surface area contributed by atoms with Gasteiger partial charge in [-0.25, -0.2) is 0 Å². The van der Waals surface area contributed by atoms with Crippen LogP contribution < -0.4 is 0 Å². The van der Waals surface area contributed by atoms with Crippen LogP contribution in [0.25, 0.3) is 10.3 Å². The first kappa shape index (κ1) is 6.92. The predicted octanol–water partition coefficient (Wildman–Crippen LogP) is 3.62. The van der Waals surface area contributed by atoms with E-state index in [0.717, 1.165) is 5.58 Å². The van der Waals surface area contributed by atoms with Crippen molar-refractivity contribution in [3.05, 3.63) is 23.3 Å². The quantitative estimate of drug-likeness (QED) is 0.630. The zero-order valence-corrected chi connectivity index (χ0v) is 7.44. The molecule has 0 saturated heterocycles. The maximum absolute atomic E-state index is 5.26. The van der Waals surface area contributed by atoms with Gasteiger partial charge in [-0.05, 0) is 18.1 Å². The first-order valence-electron chi connectivity index (χ1n) is 3.74. The van der Waals surface area contributed by atoms with E-state index < -0.39 is 0 Å². The molecule has 2 aromatic rings. The highest BCUT2D eigenvalue weighted by molar-refractivity contribution is 7.19. The summed E-state index contributed by atoms with van der Waals surface area (Å²) in [5.41, 5.74) is 1.03. The number of rotatable bonds is 1. The molecule has 2 heteroatoms. The minimum Gasteiger partial charge on any atom is -0.463 e. The molecule has 11 heavy (non-hydrogen) atoms. The highest BCUT2D eigenvalue weighted by Gasteiger charge is 2.06. The summed E-state index contributed by atoms with van der Waals surface area (Å²) in [6.07, 6.45) is 1.74. The van der Waals surface area contributed by atoms with Crippen LogP contribution in [0.4, 0.5) is 0 Å². The van der Waals surface area contributed by atoms with Crippen molar-refractivity contribution in [2.75, 3.05) is 0 Å². The van der Waals surface area contributed by atoms with Crippen LogP contribution in [-0.2, 0) is 0 Å². The monoisotopic (exact) mass is 166 g/mol. The predicted molar refractivity (Wildman–Crippen MR) is 48.2 cm³/mol. The van der Waals surface area contributed by atoms with Crippen molar-refractivity contribution in [3.63, 3.8) is 0 Å². The van der Waals surface area contributed by atoms with Crippen LogP contribution in [0, 0.1) is 0 Å². The molecule has 0 spiro atoms. The molecular formula is C9H10OS. The Morgan fingerprint density at radius 3 is 2.91 bits per heavy atom. The molecule has 0 saturated carbocycles. The molecule has 0 N–H and O–H groups in total. The number of hydrogen-bond acceptors (Lipinski definition) is 2. The van der Waals surface area contributed by atoms with Crippen molar-refractivity contribution in [2.45, 2.75) is 19.8 Å². The molecule has 2 heterocycles. The van der Waals surface area contributed by atoms with Gasteiger partial charge in [-0.2, -0.15) is 0 Å². The van der Waals surface area contributed by atoms with Crippen LogP contribution in [0.5, 0.6) is 0 Å². The van der Waals surface area contributed by atoms with Gasteiger partial charge in [0.15, 0.2) is 0 Å². The summed E-state index contributed by atoms with van der Waals surface area (Å²) in [7, 11) is 0. The zero-order valence-electron chi connectivity index (χ0n) is 6.63. The van der Waals surface area contributed by atoms with E-state index in [1.807, 2.05) is 17.4 Å². The Balaban J connectivity index is 2.58. The Labute approximate surface area is 69.6 Å². The van der Waals surface area contributed by atoms with Crippen molar-refractivity contribution in [2.24, 2.45) is 0 Å². The Kier molecular flexibility index (Phi) is 1.50. The Bertz CT molecular complexity index is 328. The van der Waals surface area contributed by atoms with E-state index in [1.165, 1.54) is 9.58 Å². The third-order valence-corrected chi connectivity index (χ3v) is 3.11. The van der Waals surface area contributed by atoms with Gasteiger partial charge in [-0.3, -0.25) is 0 Å². The van der Waals surface area contributed by atoms with Gasteiger partial charge >= 0.3 is 0 Å². The van der Waals surface area contributed by atoms with Crippen molar-refractivity contribution in [3.8, 4) is 0 Å².